The summed E-state index contributed by atoms with van der Waals surface area (Å²) in [6, 6.07) is 0. The second-order valence-corrected chi connectivity index (χ2v) is 4.31. The zero-order chi connectivity index (χ0) is 10.8. The third-order valence-corrected chi connectivity index (χ3v) is 3.11. The molecule has 5 heteroatoms. The van der Waals surface area contributed by atoms with Crippen molar-refractivity contribution < 1.29 is 4.79 Å². The molecule has 0 radical (unpaired) electrons. The molecule has 1 aliphatic rings. The highest BCUT2D eigenvalue weighted by Gasteiger charge is 2.24. The first kappa shape index (κ1) is 10.5. The number of amides is 1. The minimum absolute atomic E-state index is 0.344. The molecule has 82 valence electrons. The number of aryl methyl sites for hydroxylation is 1. The monoisotopic (exact) mass is 227 g/mol. The fourth-order valence-electron chi connectivity index (χ4n) is 2.06. The molecule has 1 aliphatic heterocycles. The molecule has 1 unspecified atom stereocenters. The molecular weight excluding hydrogens is 214 g/mol. The van der Waals surface area contributed by atoms with Crippen LogP contribution in [0.1, 0.15) is 24.3 Å². The number of nitrogens with zero attached hydrogens (tertiary/aromatic N) is 3. The maximum atomic E-state index is 11.1. The molecule has 1 amide bonds. The number of hydrogen-bond acceptors (Lipinski definition) is 2. The minimum atomic E-state index is -0.344. The SMILES string of the molecule is Cn1cc(C2CCCN(C(=O)Cl)C2)cn1. The molecule has 1 saturated heterocycles. The highest BCUT2D eigenvalue weighted by atomic mass is 35.5. The van der Waals surface area contributed by atoms with E-state index >= 15 is 0 Å². The van der Waals surface area contributed by atoms with Gasteiger partial charge in [0, 0.05) is 32.3 Å². The van der Waals surface area contributed by atoms with Gasteiger partial charge in [-0.2, -0.15) is 5.10 Å². The molecule has 0 saturated carbocycles. The lowest BCUT2D eigenvalue weighted by molar-refractivity contribution is 0.202. The molecule has 0 spiro atoms. The van der Waals surface area contributed by atoms with Crippen molar-refractivity contribution in [3.8, 4) is 0 Å². The van der Waals surface area contributed by atoms with Gasteiger partial charge in [-0.15, -0.1) is 0 Å². The van der Waals surface area contributed by atoms with E-state index in [1.165, 1.54) is 5.56 Å². The largest absolute Gasteiger partial charge is 0.329 e. The molecule has 1 aromatic rings. The summed E-state index contributed by atoms with van der Waals surface area (Å²) < 4.78 is 1.79. The molecule has 0 N–H and O–H groups in total. The maximum absolute atomic E-state index is 11.1. The van der Waals surface area contributed by atoms with Gasteiger partial charge in [-0.3, -0.25) is 9.48 Å². The Morgan fingerprint density at radius 2 is 2.47 bits per heavy atom. The van der Waals surface area contributed by atoms with Crippen LogP contribution in [0.25, 0.3) is 0 Å². The smallest absolute Gasteiger partial charge is 0.316 e. The zero-order valence-corrected chi connectivity index (χ0v) is 9.44. The van der Waals surface area contributed by atoms with Crippen molar-refractivity contribution in [2.75, 3.05) is 13.1 Å². The Hall–Kier alpha value is -1.03. The van der Waals surface area contributed by atoms with Gasteiger partial charge >= 0.3 is 5.37 Å². The number of hydrogen-bond donors (Lipinski definition) is 0. The third kappa shape index (κ3) is 2.31. The van der Waals surface area contributed by atoms with Gasteiger partial charge in [0.15, 0.2) is 0 Å². The first-order chi connectivity index (χ1) is 7.16. The fourth-order valence-corrected chi connectivity index (χ4v) is 2.21. The van der Waals surface area contributed by atoms with Gasteiger partial charge in [-0.1, -0.05) is 0 Å². The van der Waals surface area contributed by atoms with Crippen LogP contribution >= 0.6 is 11.6 Å². The standard InChI is InChI=1S/C10H14ClN3O/c1-13-6-9(5-12-13)8-3-2-4-14(7-8)10(11)15/h5-6,8H,2-4,7H2,1H3. The average Bonchev–Trinajstić information content (AvgIpc) is 2.65. The van der Waals surface area contributed by atoms with Gasteiger partial charge in [-0.05, 0) is 30.0 Å². The van der Waals surface area contributed by atoms with E-state index < -0.39 is 0 Å². The topological polar surface area (TPSA) is 38.1 Å². The van der Waals surface area contributed by atoms with Crippen molar-refractivity contribution in [3.63, 3.8) is 0 Å². The first-order valence-electron chi connectivity index (χ1n) is 5.10. The minimum Gasteiger partial charge on any atom is -0.329 e. The zero-order valence-electron chi connectivity index (χ0n) is 8.69. The Morgan fingerprint density at radius 1 is 1.67 bits per heavy atom. The molecule has 2 rings (SSSR count). The van der Waals surface area contributed by atoms with Crippen molar-refractivity contribution in [1.29, 1.82) is 0 Å². The van der Waals surface area contributed by atoms with Gasteiger partial charge in [0.1, 0.15) is 0 Å². The molecule has 1 fully saturated rings. The summed E-state index contributed by atoms with van der Waals surface area (Å²) in [5, 5.41) is 3.80. The molecule has 4 nitrogen and oxygen atoms in total. The Kier molecular flexibility index (Phi) is 2.95. The summed E-state index contributed by atoms with van der Waals surface area (Å²) in [7, 11) is 1.90. The molecule has 0 bridgehead atoms. The van der Waals surface area contributed by atoms with Gasteiger partial charge in [-0.25, -0.2) is 0 Å². The van der Waals surface area contributed by atoms with Crippen molar-refractivity contribution in [2.24, 2.45) is 7.05 Å². The number of piperidine rings is 1. The van der Waals surface area contributed by atoms with E-state index in [4.69, 9.17) is 11.6 Å². The second kappa shape index (κ2) is 4.23. The van der Waals surface area contributed by atoms with E-state index in [9.17, 15) is 4.79 Å². The van der Waals surface area contributed by atoms with Crippen LogP contribution < -0.4 is 0 Å². The number of likely N-dealkylation sites (tertiary alicyclic amines) is 1. The van der Waals surface area contributed by atoms with E-state index in [0.29, 0.717) is 12.5 Å². The highest BCUT2D eigenvalue weighted by molar-refractivity contribution is 6.62. The van der Waals surface area contributed by atoms with Gasteiger partial charge in [0.25, 0.3) is 0 Å². The van der Waals surface area contributed by atoms with Crippen molar-refractivity contribution in [1.82, 2.24) is 14.7 Å². The average molecular weight is 228 g/mol. The van der Waals surface area contributed by atoms with E-state index in [1.807, 2.05) is 19.4 Å². The Bertz CT molecular complexity index is 363. The molecule has 2 heterocycles. The third-order valence-electron chi connectivity index (χ3n) is 2.87. The lowest BCUT2D eigenvalue weighted by Crippen LogP contribution is -2.35. The van der Waals surface area contributed by atoms with E-state index in [1.54, 1.807) is 9.58 Å². The predicted octanol–water partition coefficient (Wildman–Crippen LogP) is 1.96. The lowest BCUT2D eigenvalue weighted by atomic mass is 9.93. The lowest BCUT2D eigenvalue weighted by Gasteiger charge is -2.30. The van der Waals surface area contributed by atoms with E-state index in [0.717, 1.165) is 19.4 Å². The maximum Gasteiger partial charge on any atom is 0.316 e. The van der Waals surface area contributed by atoms with Crippen molar-refractivity contribution >= 4 is 17.0 Å². The van der Waals surface area contributed by atoms with Crippen LogP contribution in [0.3, 0.4) is 0 Å². The van der Waals surface area contributed by atoms with Crippen LogP contribution in [0.15, 0.2) is 12.4 Å². The second-order valence-electron chi connectivity index (χ2n) is 3.99. The summed E-state index contributed by atoms with van der Waals surface area (Å²) in [6.07, 6.45) is 5.99. The summed E-state index contributed by atoms with van der Waals surface area (Å²) in [5.74, 6) is 0.384. The first-order valence-corrected chi connectivity index (χ1v) is 5.47. The summed E-state index contributed by atoms with van der Waals surface area (Å²) in [4.78, 5) is 12.7. The number of rotatable bonds is 1. The normalized spacial score (nSPS) is 21.7. The Labute approximate surface area is 93.8 Å². The summed E-state index contributed by atoms with van der Waals surface area (Å²) in [6.45, 7) is 1.49. The van der Waals surface area contributed by atoms with E-state index in [2.05, 4.69) is 5.10 Å². The summed E-state index contributed by atoms with van der Waals surface area (Å²) >= 11 is 5.48. The number of halogens is 1. The quantitative estimate of drug-likeness (QED) is 0.543. The van der Waals surface area contributed by atoms with Gasteiger partial charge < -0.3 is 4.90 Å². The highest BCUT2D eigenvalue weighted by Crippen LogP contribution is 2.26. The molecule has 1 atom stereocenters. The van der Waals surface area contributed by atoms with Crippen molar-refractivity contribution in [3.05, 3.63) is 18.0 Å². The van der Waals surface area contributed by atoms with Crippen LogP contribution in [-0.4, -0.2) is 33.1 Å². The van der Waals surface area contributed by atoms with Gasteiger partial charge in [0.2, 0.25) is 0 Å². The van der Waals surface area contributed by atoms with Crippen LogP contribution in [-0.2, 0) is 7.05 Å². The molecular formula is C10H14ClN3O. The van der Waals surface area contributed by atoms with E-state index in [-0.39, 0.29) is 5.37 Å². The predicted molar refractivity (Wildman–Crippen MR) is 58.0 cm³/mol. The Balaban J connectivity index is 2.07. The number of carbonyl (C=O) groups is 1. The van der Waals surface area contributed by atoms with Crippen LogP contribution in [0.5, 0.6) is 0 Å². The molecule has 15 heavy (non-hydrogen) atoms. The number of carbonyl (C=O) groups excluding carboxylic acids is 1. The molecule has 1 aromatic heterocycles. The van der Waals surface area contributed by atoms with Crippen LogP contribution in [0.2, 0.25) is 0 Å². The molecule has 0 aromatic carbocycles. The van der Waals surface area contributed by atoms with Crippen LogP contribution in [0, 0.1) is 0 Å². The number of aromatic nitrogens is 2. The summed E-state index contributed by atoms with van der Waals surface area (Å²) in [5.41, 5.74) is 1.19. The van der Waals surface area contributed by atoms with Crippen molar-refractivity contribution in [2.45, 2.75) is 18.8 Å². The fraction of sp³-hybridized carbons (Fsp3) is 0.600. The van der Waals surface area contributed by atoms with Crippen LogP contribution in [0.4, 0.5) is 4.79 Å². The molecule has 0 aliphatic carbocycles. The van der Waals surface area contributed by atoms with Gasteiger partial charge in [0.05, 0.1) is 6.20 Å². The Morgan fingerprint density at radius 3 is 3.07 bits per heavy atom.